The summed E-state index contributed by atoms with van der Waals surface area (Å²) >= 11 is 0. The molecule has 0 aliphatic carbocycles. The summed E-state index contributed by atoms with van der Waals surface area (Å²) < 4.78 is 66.5. The quantitative estimate of drug-likeness (QED) is 0.0185. The van der Waals surface area contributed by atoms with Gasteiger partial charge in [0.05, 0.1) is 159 Å². The van der Waals surface area contributed by atoms with Gasteiger partial charge >= 0.3 is 0 Å². The summed E-state index contributed by atoms with van der Waals surface area (Å²) in [5, 5.41) is 37.9. The van der Waals surface area contributed by atoms with E-state index in [9.17, 15) is 28.8 Å². The predicted molar refractivity (Wildman–Crippen MR) is 435 cm³/mol. The van der Waals surface area contributed by atoms with E-state index in [1.807, 2.05) is 36.4 Å². The number of nitrogens with two attached hydrogens (primary N) is 2. The molecule has 7 amide bonds. The van der Waals surface area contributed by atoms with Crippen molar-refractivity contribution in [3.8, 4) is 0 Å². The average Bonchev–Trinajstić information content (AvgIpc) is 0.745. The van der Waals surface area contributed by atoms with E-state index >= 15 is 4.79 Å². The maximum Gasteiger partial charge on any atom is 0.246 e. The van der Waals surface area contributed by atoms with E-state index < -0.39 is 46.8 Å². The molecule has 114 heavy (non-hydrogen) atoms. The molecule has 0 radical (unpaired) electrons. The van der Waals surface area contributed by atoms with Crippen molar-refractivity contribution < 1.29 is 90.4 Å². The zero-order chi connectivity index (χ0) is 79.8. The molecule has 10 rings (SSSR count). The third-order valence-electron chi connectivity index (χ3n) is 20.5. The van der Waals surface area contributed by atoms with Gasteiger partial charge in [0.1, 0.15) is 23.2 Å². The summed E-state index contributed by atoms with van der Waals surface area (Å²) in [7, 11) is 0. The first-order valence-corrected chi connectivity index (χ1v) is 40.3. The summed E-state index contributed by atoms with van der Waals surface area (Å²) in [5.41, 5.74) is 9.59. The molecule has 620 valence electrons. The van der Waals surface area contributed by atoms with Crippen molar-refractivity contribution in [3.63, 3.8) is 0 Å². The van der Waals surface area contributed by atoms with Crippen LogP contribution in [0.1, 0.15) is 68.9 Å². The molecular formula is C85H116N10O19. The van der Waals surface area contributed by atoms with Gasteiger partial charge in [0, 0.05) is 51.7 Å². The molecule has 29 heteroatoms. The number of carbonyl (C=O) groups excluding carboxylic acids is 7. The third kappa shape index (κ3) is 27.1. The molecule has 2 aliphatic heterocycles. The predicted octanol–water partition coefficient (Wildman–Crippen LogP) is 4.54. The van der Waals surface area contributed by atoms with Crippen LogP contribution >= 0.6 is 0 Å². The Labute approximate surface area is 665 Å². The van der Waals surface area contributed by atoms with Crippen molar-refractivity contribution in [2.24, 2.45) is 11.5 Å². The number of rotatable bonds is 58. The number of amides is 7. The number of carbonyl (C=O) groups is 7. The highest BCUT2D eigenvalue weighted by molar-refractivity contribution is 6.25. The van der Waals surface area contributed by atoms with Crippen LogP contribution in [0.5, 0.6) is 0 Å². The highest BCUT2D eigenvalue weighted by Crippen LogP contribution is 2.38. The second kappa shape index (κ2) is 48.2. The summed E-state index contributed by atoms with van der Waals surface area (Å²) in [6.45, 7) is 11.4. The molecule has 0 saturated carbocycles. The third-order valence-corrected chi connectivity index (χ3v) is 20.5. The van der Waals surface area contributed by atoms with Gasteiger partial charge < -0.3 is 111 Å². The first-order chi connectivity index (χ1) is 55.8. The Morgan fingerprint density at radius 2 is 0.719 bits per heavy atom. The summed E-state index contributed by atoms with van der Waals surface area (Å²) in [6, 6.07) is 35.0. The normalized spacial score (nSPS) is 14.7. The van der Waals surface area contributed by atoms with Gasteiger partial charge in [-0.1, -0.05) is 109 Å². The fourth-order valence-corrected chi connectivity index (χ4v) is 14.5. The zero-order valence-electron chi connectivity index (χ0n) is 65.7. The highest BCUT2D eigenvalue weighted by atomic mass is 16.6. The summed E-state index contributed by atoms with van der Waals surface area (Å²) in [4.78, 5) is 98.3. The topological polar surface area (TPSA) is 379 Å². The van der Waals surface area contributed by atoms with Crippen LogP contribution in [0.25, 0.3) is 64.6 Å². The molecule has 8 aromatic rings. The Balaban J connectivity index is 0.715. The van der Waals surface area contributed by atoms with E-state index in [1.54, 1.807) is 0 Å². The van der Waals surface area contributed by atoms with Gasteiger partial charge in [0.25, 0.3) is 0 Å². The molecule has 29 nitrogen and oxygen atoms in total. The van der Waals surface area contributed by atoms with E-state index in [4.69, 9.17) is 68.3 Å². The van der Waals surface area contributed by atoms with Crippen LogP contribution in [-0.2, 0) is 103 Å². The molecule has 2 aliphatic rings. The van der Waals surface area contributed by atoms with Crippen LogP contribution < -0.4 is 54.0 Å². The van der Waals surface area contributed by atoms with E-state index in [0.717, 1.165) is 75.8 Å². The molecule has 12 N–H and O–H groups in total. The molecule has 0 bridgehead atoms. The Bertz CT molecular complexity index is 4240. The molecule has 0 spiro atoms. The Morgan fingerprint density at radius 1 is 0.351 bits per heavy atom. The van der Waals surface area contributed by atoms with E-state index in [-0.39, 0.29) is 109 Å². The molecule has 0 unspecified atom stereocenters. The van der Waals surface area contributed by atoms with E-state index in [1.165, 1.54) is 0 Å². The lowest BCUT2D eigenvalue weighted by Gasteiger charge is -2.38. The first kappa shape index (κ1) is 87.9. The van der Waals surface area contributed by atoms with Crippen LogP contribution in [0.3, 0.4) is 0 Å². The Morgan fingerprint density at radius 3 is 1.15 bits per heavy atom. The first-order valence-electron chi connectivity index (χ1n) is 40.3. The molecule has 2 fully saturated rings. The van der Waals surface area contributed by atoms with Gasteiger partial charge in [0.15, 0.2) is 0 Å². The highest BCUT2D eigenvalue weighted by Gasteiger charge is 2.44. The van der Waals surface area contributed by atoms with Crippen molar-refractivity contribution >= 4 is 106 Å². The van der Waals surface area contributed by atoms with Gasteiger partial charge in [-0.15, -0.1) is 0 Å². The van der Waals surface area contributed by atoms with Gasteiger partial charge in [-0.05, 0) is 140 Å². The fraction of sp³-hybridized carbons (Fsp3) is 0.541. The molecule has 2 saturated heterocycles. The van der Waals surface area contributed by atoms with Crippen LogP contribution in [-0.4, -0.2) is 269 Å². The van der Waals surface area contributed by atoms with Gasteiger partial charge in [-0.25, -0.2) is 0 Å². The van der Waals surface area contributed by atoms with Gasteiger partial charge in [0.2, 0.25) is 41.4 Å². The second-order valence-electron chi connectivity index (χ2n) is 28.5. The Hall–Kier alpha value is -8.47. The maximum atomic E-state index is 15.1. The van der Waals surface area contributed by atoms with Crippen molar-refractivity contribution in [2.45, 2.75) is 93.8 Å². The number of unbranched alkanes of at least 4 members (excludes halogenated alkanes) is 1. The van der Waals surface area contributed by atoms with E-state index in [0.29, 0.717) is 184 Å². The minimum atomic E-state index is -1.33. The molecule has 2 heterocycles. The maximum absolute atomic E-state index is 15.1. The van der Waals surface area contributed by atoms with E-state index in [2.05, 4.69) is 115 Å². The van der Waals surface area contributed by atoms with Crippen molar-refractivity contribution in [1.82, 2.24) is 42.5 Å². The largest absolute Gasteiger partial charge is 0.379 e. The average molecular weight is 1580 g/mol. The van der Waals surface area contributed by atoms with Crippen molar-refractivity contribution in [1.29, 1.82) is 0 Å². The van der Waals surface area contributed by atoms with Gasteiger partial charge in [-0.2, -0.15) is 0 Å². The number of piperidine rings is 2. The lowest BCUT2D eigenvalue weighted by molar-refractivity contribution is -0.137. The minimum absolute atomic E-state index is 0.00779. The Kier molecular flexibility index (Phi) is 37.1. The number of ether oxygens (including phenoxy) is 12. The SMILES string of the molecule is NCCOCCOCCOCCOCCOCCOCCC(=O)NC1(C(=O)N[C@@H](Cc2ccc3ccc4cccc5ccc2c3c45)C(=O)NCCCCC(=O)N[C@@H](Cc2ccc3ccc4cccc5ccc2c3c45)C(=O)NC2(C(=O)NCCOCCOCCOCCOCCOCCOCCC(N)=O)CCNCC2)CCNCC1. The fourth-order valence-electron chi connectivity index (χ4n) is 14.5. The molecule has 8 aromatic carbocycles. The summed E-state index contributed by atoms with van der Waals surface area (Å²) in [6.07, 6.45) is 2.32. The summed E-state index contributed by atoms with van der Waals surface area (Å²) in [5.74, 6) is -2.92. The number of primary amides is 1. The van der Waals surface area contributed by atoms with Crippen molar-refractivity contribution in [3.05, 3.63) is 120 Å². The number of benzene rings is 8. The monoisotopic (exact) mass is 1580 g/mol. The van der Waals surface area contributed by atoms with Gasteiger partial charge in [-0.3, -0.25) is 33.6 Å². The van der Waals surface area contributed by atoms with Crippen LogP contribution in [0.2, 0.25) is 0 Å². The zero-order valence-corrected chi connectivity index (χ0v) is 65.7. The second-order valence-corrected chi connectivity index (χ2v) is 28.5. The minimum Gasteiger partial charge on any atom is -0.379 e. The molecule has 2 atom stereocenters. The number of nitrogens with one attached hydrogen (secondary N) is 8. The number of hydrogen-bond acceptors (Lipinski definition) is 22. The number of hydrogen-bond donors (Lipinski definition) is 10. The van der Waals surface area contributed by atoms with Crippen molar-refractivity contribution in [2.75, 3.05) is 204 Å². The molecule has 0 aromatic heterocycles. The lowest BCUT2D eigenvalue weighted by atomic mass is 9.86. The van der Waals surface area contributed by atoms with Crippen LogP contribution in [0.15, 0.2) is 109 Å². The lowest BCUT2D eigenvalue weighted by Crippen LogP contribution is -2.65. The smallest absolute Gasteiger partial charge is 0.246 e. The van der Waals surface area contributed by atoms with Crippen LogP contribution in [0.4, 0.5) is 0 Å². The van der Waals surface area contributed by atoms with Crippen LogP contribution in [0, 0.1) is 0 Å². The standard InChI is InChI=1S/C85H116N10O19/c86-28-37-105-41-45-109-49-53-113-57-55-112-52-48-108-44-40-104-36-23-75(98)94-85(26-32-89-33-27-85)83(102)93-71(59-67-16-14-65-12-10-61-5-3-7-63-18-20-69(67)78(65)76(61)63)80(99)90-29-2-1-9-74(97)92-72(60-68-17-15-66-13-11-62-6-4-8-64-19-21-70(68)79(66)77(62)64)81(100)95-84(24-30-88-31-25-84)82(101)91-34-38-106-42-46-110-50-54-114-58-56-111-51-47-107-43-39-103-35-22-73(87)96/h3-8,10-21,71-72,88-89H,1-2,9,22-60,86H2,(H2,87,96)(H,90,99)(H,91,101)(H,92,97)(H,93,102)(H,94,98)(H,95,100)/t71-,72-/m0/s1. The molecular weight excluding hydrogens is 1460 g/mol.